The van der Waals surface area contributed by atoms with Crippen LogP contribution in [0.3, 0.4) is 0 Å². The van der Waals surface area contributed by atoms with Crippen LogP contribution in [0.4, 0.5) is 0 Å². The standard InChI is InChI=1S/C19H21N3O2/c1-11-6-15-16(7-12(11)2)22(13(3)9-20)19(21-15)14-4-5-17-18(8-14)24-10-23-17/h4-8,13H,9-10,20H2,1-3H3. The molecule has 0 saturated carbocycles. The van der Waals surface area contributed by atoms with Crippen molar-refractivity contribution in [3.05, 3.63) is 41.5 Å². The van der Waals surface area contributed by atoms with Crippen molar-refractivity contribution in [1.82, 2.24) is 9.55 Å². The lowest BCUT2D eigenvalue weighted by molar-refractivity contribution is 0.174. The van der Waals surface area contributed by atoms with Gasteiger partial charge >= 0.3 is 0 Å². The van der Waals surface area contributed by atoms with Crippen molar-refractivity contribution in [2.75, 3.05) is 13.3 Å². The predicted molar refractivity (Wildman–Crippen MR) is 94.5 cm³/mol. The number of benzene rings is 2. The van der Waals surface area contributed by atoms with Crippen LogP contribution in [0.25, 0.3) is 22.4 Å². The Kier molecular flexibility index (Phi) is 3.46. The number of ether oxygens (including phenoxy) is 2. The molecule has 3 aromatic rings. The van der Waals surface area contributed by atoms with Crippen LogP contribution >= 0.6 is 0 Å². The van der Waals surface area contributed by atoms with E-state index >= 15 is 0 Å². The summed E-state index contributed by atoms with van der Waals surface area (Å²) in [6.07, 6.45) is 0. The molecule has 2 N–H and O–H groups in total. The van der Waals surface area contributed by atoms with Crippen LogP contribution in [0.2, 0.25) is 0 Å². The van der Waals surface area contributed by atoms with Gasteiger partial charge in [0.1, 0.15) is 5.82 Å². The molecule has 2 aromatic carbocycles. The van der Waals surface area contributed by atoms with Crippen molar-refractivity contribution in [3.8, 4) is 22.9 Å². The molecule has 1 aliphatic heterocycles. The maximum absolute atomic E-state index is 5.97. The van der Waals surface area contributed by atoms with E-state index < -0.39 is 0 Å². The van der Waals surface area contributed by atoms with E-state index in [9.17, 15) is 0 Å². The molecule has 0 amide bonds. The molecule has 0 radical (unpaired) electrons. The van der Waals surface area contributed by atoms with Gasteiger partial charge in [0, 0.05) is 18.2 Å². The normalized spacial score (nSPS) is 14.3. The molecular weight excluding hydrogens is 302 g/mol. The molecule has 5 heteroatoms. The van der Waals surface area contributed by atoms with E-state index in [1.807, 2.05) is 18.2 Å². The van der Waals surface area contributed by atoms with Crippen molar-refractivity contribution in [2.45, 2.75) is 26.8 Å². The Bertz CT molecular complexity index is 930. The number of nitrogens with two attached hydrogens (primary N) is 1. The highest BCUT2D eigenvalue weighted by Gasteiger charge is 2.20. The fraction of sp³-hybridized carbons (Fsp3) is 0.316. The smallest absolute Gasteiger partial charge is 0.231 e. The molecule has 0 spiro atoms. The largest absolute Gasteiger partial charge is 0.454 e. The fourth-order valence-corrected chi connectivity index (χ4v) is 3.14. The molecule has 0 saturated heterocycles. The molecule has 2 heterocycles. The van der Waals surface area contributed by atoms with Crippen molar-refractivity contribution in [2.24, 2.45) is 5.73 Å². The van der Waals surface area contributed by atoms with Crippen LogP contribution in [0.15, 0.2) is 30.3 Å². The summed E-state index contributed by atoms with van der Waals surface area (Å²) in [6.45, 7) is 7.18. The molecule has 0 fully saturated rings. The first-order chi connectivity index (χ1) is 11.6. The number of hydrogen-bond acceptors (Lipinski definition) is 4. The van der Waals surface area contributed by atoms with Crippen molar-refractivity contribution < 1.29 is 9.47 Å². The lowest BCUT2D eigenvalue weighted by Gasteiger charge is -2.16. The first kappa shape index (κ1) is 15.0. The minimum atomic E-state index is 0.150. The monoisotopic (exact) mass is 323 g/mol. The van der Waals surface area contributed by atoms with Crippen LogP contribution < -0.4 is 15.2 Å². The Morgan fingerprint density at radius 1 is 1.12 bits per heavy atom. The quantitative estimate of drug-likeness (QED) is 0.800. The average Bonchev–Trinajstić information content (AvgIpc) is 3.18. The summed E-state index contributed by atoms with van der Waals surface area (Å²) in [6, 6.07) is 10.4. The van der Waals surface area contributed by atoms with Crippen LogP contribution in [-0.2, 0) is 0 Å². The molecule has 0 aliphatic carbocycles. The van der Waals surface area contributed by atoms with E-state index in [1.54, 1.807) is 0 Å². The van der Waals surface area contributed by atoms with Crippen molar-refractivity contribution in [3.63, 3.8) is 0 Å². The fourth-order valence-electron chi connectivity index (χ4n) is 3.14. The molecule has 1 atom stereocenters. The summed E-state index contributed by atoms with van der Waals surface area (Å²) in [5.74, 6) is 2.45. The van der Waals surface area contributed by atoms with Crippen LogP contribution in [0, 0.1) is 13.8 Å². The van der Waals surface area contributed by atoms with Gasteiger partial charge in [0.15, 0.2) is 11.5 Å². The topological polar surface area (TPSA) is 62.3 Å². The Labute approximate surface area is 141 Å². The van der Waals surface area contributed by atoms with Gasteiger partial charge in [0.25, 0.3) is 0 Å². The molecular formula is C19H21N3O2. The number of nitrogens with zero attached hydrogens (tertiary/aromatic N) is 2. The zero-order valence-electron chi connectivity index (χ0n) is 14.2. The lowest BCUT2D eigenvalue weighted by Crippen LogP contribution is -2.17. The minimum absolute atomic E-state index is 0.150. The van der Waals surface area contributed by atoms with Gasteiger partial charge < -0.3 is 19.8 Å². The Hall–Kier alpha value is -2.53. The van der Waals surface area contributed by atoms with Gasteiger partial charge in [-0.1, -0.05) is 0 Å². The third kappa shape index (κ3) is 2.24. The van der Waals surface area contributed by atoms with Crippen molar-refractivity contribution >= 4 is 11.0 Å². The molecule has 1 unspecified atom stereocenters. The van der Waals surface area contributed by atoms with Crippen LogP contribution in [0.5, 0.6) is 11.5 Å². The maximum Gasteiger partial charge on any atom is 0.231 e. The number of aromatic nitrogens is 2. The van der Waals surface area contributed by atoms with Gasteiger partial charge in [-0.2, -0.15) is 0 Å². The van der Waals surface area contributed by atoms with Crippen molar-refractivity contribution in [1.29, 1.82) is 0 Å². The zero-order valence-corrected chi connectivity index (χ0v) is 14.2. The minimum Gasteiger partial charge on any atom is -0.454 e. The highest BCUT2D eigenvalue weighted by Crippen LogP contribution is 2.37. The summed E-state index contributed by atoms with van der Waals surface area (Å²) < 4.78 is 13.1. The molecule has 4 rings (SSSR count). The summed E-state index contributed by atoms with van der Waals surface area (Å²) in [4.78, 5) is 4.89. The zero-order chi connectivity index (χ0) is 16.8. The lowest BCUT2D eigenvalue weighted by atomic mass is 10.1. The van der Waals surface area contributed by atoms with E-state index in [0.717, 1.165) is 33.9 Å². The SMILES string of the molecule is Cc1cc2nc(-c3ccc4c(c3)OCO4)n(C(C)CN)c2cc1C. The average molecular weight is 323 g/mol. The first-order valence-corrected chi connectivity index (χ1v) is 8.17. The van der Waals surface area contributed by atoms with Gasteiger partial charge in [-0.15, -0.1) is 0 Å². The highest BCUT2D eigenvalue weighted by molar-refractivity contribution is 5.83. The molecule has 1 aliphatic rings. The second-order valence-corrected chi connectivity index (χ2v) is 6.38. The number of hydrogen-bond donors (Lipinski definition) is 1. The van der Waals surface area contributed by atoms with E-state index in [-0.39, 0.29) is 12.8 Å². The molecule has 24 heavy (non-hydrogen) atoms. The molecule has 5 nitrogen and oxygen atoms in total. The van der Waals surface area contributed by atoms with Gasteiger partial charge in [-0.3, -0.25) is 0 Å². The number of imidazole rings is 1. The first-order valence-electron chi connectivity index (χ1n) is 8.17. The Morgan fingerprint density at radius 3 is 2.67 bits per heavy atom. The maximum atomic E-state index is 5.97. The highest BCUT2D eigenvalue weighted by atomic mass is 16.7. The number of fused-ring (bicyclic) bond motifs is 2. The number of aryl methyl sites for hydroxylation is 2. The third-order valence-corrected chi connectivity index (χ3v) is 4.72. The van der Waals surface area contributed by atoms with E-state index in [4.69, 9.17) is 20.2 Å². The van der Waals surface area contributed by atoms with E-state index in [1.165, 1.54) is 11.1 Å². The van der Waals surface area contributed by atoms with E-state index in [0.29, 0.717) is 6.54 Å². The Balaban J connectivity index is 1.97. The van der Waals surface area contributed by atoms with Crippen LogP contribution in [0.1, 0.15) is 24.1 Å². The molecule has 124 valence electrons. The predicted octanol–water partition coefficient (Wildman–Crippen LogP) is 3.57. The summed E-state index contributed by atoms with van der Waals surface area (Å²) in [5, 5.41) is 0. The Morgan fingerprint density at radius 2 is 1.88 bits per heavy atom. The summed E-state index contributed by atoms with van der Waals surface area (Å²) >= 11 is 0. The summed E-state index contributed by atoms with van der Waals surface area (Å²) in [5.41, 5.74) is 11.6. The second-order valence-electron chi connectivity index (χ2n) is 6.38. The van der Waals surface area contributed by atoms with Gasteiger partial charge in [0.05, 0.1) is 11.0 Å². The van der Waals surface area contributed by atoms with Gasteiger partial charge in [-0.05, 0) is 62.2 Å². The van der Waals surface area contributed by atoms with Gasteiger partial charge in [0.2, 0.25) is 6.79 Å². The second kappa shape index (κ2) is 5.53. The number of rotatable bonds is 3. The summed E-state index contributed by atoms with van der Waals surface area (Å²) in [7, 11) is 0. The van der Waals surface area contributed by atoms with E-state index in [2.05, 4.69) is 37.5 Å². The van der Waals surface area contributed by atoms with Crippen LogP contribution in [-0.4, -0.2) is 22.9 Å². The molecule has 1 aromatic heterocycles. The van der Waals surface area contributed by atoms with Gasteiger partial charge in [-0.25, -0.2) is 4.98 Å². The molecule has 0 bridgehead atoms. The third-order valence-electron chi connectivity index (χ3n) is 4.72.